The van der Waals surface area contributed by atoms with Gasteiger partial charge < -0.3 is 42.1 Å². The van der Waals surface area contributed by atoms with E-state index >= 15 is 4.39 Å². The largest absolute Gasteiger partial charge is 1.00 e. The summed E-state index contributed by atoms with van der Waals surface area (Å²) in [6, 6.07) is 8.24. The number of nitrogens with zero attached hydrogens (tertiary/aromatic N) is 9. The fourth-order valence-corrected chi connectivity index (χ4v) is 4.90. The first-order valence-corrected chi connectivity index (χ1v) is 13.7. The number of benzene rings is 2. The minimum atomic E-state index is -2.10. The third-order valence-electron chi connectivity index (χ3n) is 7.34. The molecule has 5 rings (SSSR count). The van der Waals surface area contributed by atoms with Crippen LogP contribution in [0.15, 0.2) is 61.4 Å². The maximum Gasteiger partial charge on any atom is 0.511 e. The lowest BCUT2D eigenvalue weighted by Gasteiger charge is -2.38. The van der Waals surface area contributed by atoms with Gasteiger partial charge in [-0.05, 0) is 47.7 Å². The van der Waals surface area contributed by atoms with Gasteiger partial charge in [-0.2, -0.15) is 0 Å². The molecule has 0 radical (unpaired) electrons. The second-order valence-corrected chi connectivity index (χ2v) is 10.3. The Morgan fingerprint density at radius 3 is 2.54 bits per heavy atom. The topological polar surface area (TPSA) is 185 Å². The van der Waals surface area contributed by atoms with Crippen molar-refractivity contribution in [1.82, 2.24) is 34.9 Å². The molecule has 0 saturated carbocycles. The molecule has 1 fully saturated rings. The molecular formula is C27H30ClF2N9O7. The van der Waals surface area contributed by atoms with E-state index in [-0.39, 0.29) is 44.3 Å². The van der Waals surface area contributed by atoms with E-state index in [9.17, 15) is 24.2 Å². The number of amides is 2. The maximum absolute atomic E-state index is 15.2. The lowest BCUT2D eigenvalue weighted by molar-refractivity contribution is -0.728. The third-order valence-corrected chi connectivity index (χ3v) is 7.34. The Kier molecular flexibility index (Phi) is 10.8. The van der Waals surface area contributed by atoms with Gasteiger partial charge in [-0.15, -0.1) is 9.78 Å². The van der Waals surface area contributed by atoms with Gasteiger partial charge in [0.05, 0.1) is 18.3 Å². The molecular weight excluding hydrogens is 636 g/mol. The summed E-state index contributed by atoms with van der Waals surface area (Å²) in [4.78, 5) is 28.3. The van der Waals surface area contributed by atoms with Crippen LogP contribution in [0, 0.1) is 11.6 Å². The maximum atomic E-state index is 15.2. The average molecular weight is 666 g/mol. The van der Waals surface area contributed by atoms with Crippen molar-refractivity contribution >= 4 is 17.9 Å². The Balaban J connectivity index is 0.00000480. The average Bonchev–Trinajstić information content (AvgIpc) is 3.80. The molecule has 16 nitrogen and oxygen atoms in total. The van der Waals surface area contributed by atoms with Crippen LogP contribution in [0.5, 0.6) is 0 Å². The number of hydrogen-bond donors (Lipinski definition) is 3. The highest BCUT2D eigenvalue weighted by atomic mass is 35.5. The molecule has 2 aromatic carbocycles. The van der Waals surface area contributed by atoms with Crippen molar-refractivity contribution in [2.75, 3.05) is 31.2 Å². The Labute approximate surface area is 266 Å². The number of tetrazole rings is 1. The number of anilines is 1. The zero-order chi connectivity index (χ0) is 32.1. The summed E-state index contributed by atoms with van der Waals surface area (Å²) in [5.41, 5.74) is -1.09. The van der Waals surface area contributed by atoms with Gasteiger partial charge in [-0.1, -0.05) is 6.07 Å². The van der Waals surface area contributed by atoms with Gasteiger partial charge in [0.15, 0.2) is 0 Å². The summed E-state index contributed by atoms with van der Waals surface area (Å²) < 4.78 is 42.7. The zero-order valence-electron chi connectivity index (χ0n) is 24.3. The Morgan fingerprint density at radius 1 is 1.13 bits per heavy atom. The standard InChI is InChI=1S/C27H30F2N9O7.ClH/c1-18(36-8-9-37(25(36)41)20-3-5-21(6-4-20)38-14-30-32-33-38)27(43,23-7-2-19(28)10-24(23)29)13-35-16-34(15-31-35)17-45-26(42)44-12-22(40)11-39;/h2-7,10,14-16,18,22,39-40,43H,8-9,11-13,17H2,1H3;1H/q+1;/p-1/t18-,22+,27-;/m1./s1. The second-order valence-electron chi connectivity index (χ2n) is 10.3. The van der Waals surface area contributed by atoms with Crippen LogP contribution in [-0.4, -0.2) is 101 Å². The van der Waals surface area contributed by atoms with Gasteiger partial charge in [0.25, 0.3) is 6.33 Å². The van der Waals surface area contributed by atoms with Crippen LogP contribution >= 0.6 is 0 Å². The minimum Gasteiger partial charge on any atom is -1.00 e. The van der Waals surface area contributed by atoms with Crippen LogP contribution in [0.2, 0.25) is 0 Å². The fourth-order valence-electron chi connectivity index (χ4n) is 4.90. The van der Waals surface area contributed by atoms with Crippen LogP contribution < -0.4 is 21.9 Å². The van der Waals surface area contributed by atoms with Crippen molar-refractivity contribution in [3.63, 3.8) is 0 Å². The highest BCUT2D eigenvalue weighted by Crippen LogP contribution is 2.35. The number of aliphatic hydroxyl groups is 3. The van der Waals surface area contributed by atoms with Gasteiger partial charge in [-0.3, -0.25) is 4.90 Å². The molecule has 1 saturated heterocycles. The number of aliphatic hydroxyl groups excluding tert-OH is 2. The van der Waals surface area contributed by atoms with Gasteiger partial charge in [0.2, 0.25) is 13.1 Å². The van der Waals surface area contributed by atoms with E-state index in [1.807, 2.05) is 0 Å². The Bertz CT molecular complexity index is 1630. The normalized spacial score (nSPS) is 15.7. The van der Waals surface area contributed by atoms with Gasteiger partial charge in [0.1, 0.15) is 42.8 Å². The SMILES string of the molecule is C[C@@H](N1CCN(c2ccc(-n3cnnn3)cc2)C1=O)[C@](O)(Cn1c[n+](COC(=O)OC[C@@H](O)CO)cn1)c1ccc(F)cc1F.[Cl-]. The molecule has 19 heteroatoms. The summed E-state index contributed by atoms with van der Waals surface area (Å²) in [7, 11) is 0. The van der Waals surface area contributed by atoms with Crippen molar-refractivity contribution in [2.45, 2.75) is 37.9 Å². The minimum absolute atomic E-state index is 0. The number of aromatic nitrogens is 7. The summed E-state index contributed by atoms with van der Waals surface area (Å²) in [5.74, 6) is -1.85. The van der Waals surface area contributed by atoms with Gasteiger partial charge >= 0.3 is 12.2 Å². The van der Waals surface area contributed by atoms with Crippen LogP contribution in [0.4, 0.5) is 24.1 Å². The van der Waals surface area contributed by atoms with Crippen LogP contribution in [0.25, 0.3) is 5.69 Å². The van der Waals surface area contributed by atoms with Crippen LogP contribution in [0.3, 0.4) is 0 Å². The molecule has 0 unspecified atom stereocenters. The molecule has 2 aromatic heterocycles. The molecule has 1 aliphatic rings. The third kappa shape index (κ3) is 7.36. The molecule has 46 heavy (non-hydrogen) atoms. The highest BCUT2D eigenvalue weighted by Gasteiger charge is 2.47. The zero-order valence-corrected chi connectivity index (χ0v) is 25.1. The van der Waals surface area contributed by atoms with Gasteiger partial charge in [-0.25, -0.2) is 27.6 Å². The molecule has 0 bridgehead atoms. The Morgan fingerprint density at radius 2 is 1.87 bits per heavy atom. The van der Waals surface area contributed by atoms with Crippen molar-refractivity contribution in [3.05, 3.63) is 78.6 Å². The molecule has 246 valence electrons. The van der Waals surface area contributed by atoms with Crippen LogP contribution in [-0.2, 0) is 28.4 Å². The molecule has 3 heterocycles. The van der Waals surface area contributed by atoms with E-state index in [2.05, 4.69) is 25.4 Å². The number of carbonyl (C=O) groups is 2. The van der Waals surface area contributed by atoms with Crippen molar-refractivity contribution in [1.29, 1.82) is 0 Å². The summed E-state index contributed by atoms with van der Waals surface area (Å²) in [6.07, 6.45) is 1.70. The first kappa shape index (κ1) is 34.1. The predicted octanol–water partition coefficient (Wildman–Crippen LogP) is -2.89. The molecule has 1 aliphatic heterocycles. The number of hydrogen-bond acceptors (Lipinski definition) is 11. The number of carbonyl (C=O) groups excluding carboxylic acids is 2. The van der Waals surface area contributed by atoms with E-state index in [4.69, 9.17) is 9.84 Å². The Hall–Kier alpha value is -4.78. The number of urea groups is 1. The quantitative estimate of drug-likeness (QED) is 0.104. The predicted molar refractivity (Wildman–Crippen MR) is 146 cm³/mol. The number of halogens is 3. The van der Waals surface area contributed by atoms with Crippen molar-refractivity contribution in [3.8, 4) is 5.69 Å². The molecule has 3 atom stereocenters. The van der Waals surface area contributed by atoms with E-state index in [0.717, 1.165) is 12.1 Å². The first-order valence-electron chi connectivity index (χ1n) is 13.7. The smallest absolute Gasteiger partial charge is 0.511 e. The van der Waals surface area contributed by atoms with E-state index in [0.29, 0.717) is 17.4 Å². The van der Waals surface area contributed by atoms with Gasteiger partial charge in [0, 0.05) is 35.5 Å². The molecule has 0 aliphatic carbocycles. The number of ether oxygens (including phenoxy) is 2. The lowest BCUT2D eigenvalue weighted by Crippen LogP contribution is -3.00. The molecule has 4 aromatic rings. The van der Waals surface area contributed by atoms with Crippen molar-refractivity contribution < 1.29 is 60.1 Å². The van der Waals surface area contributed by atoms with E-state index < -0.39 is 54.8 Å². The molecule has 2 amide bonds. The first-order chi connectivity index (χ1) is 21.6. The van der Waals surface area contributed by atoms with Crippen LogP contribution in [0.1, 0.15) is 12.5 Å². The molecule has 3 N–H and O–H groups in total. The second kappa shape index (κ2) is 14.5. The monoisotopic (exact) mass is 665 g/mol. The summed E-state index contributed by atoms with van der Waals surface area (Å²) in [5, 5.41) is 45.4. The van der Waals surface area contributed by atoms with Crippen molar-refractivity contribution in [2.24, 2.45) is 0 Å². The lowest BCUT2D eigenvalue weighted by atomic mass is 9.85. The number of rotatable bonds is 12. The highest BCUT2D eigenvalue weighted by molar-refractivity contribution is 5.94. The summed E-state index contributed by atoms with van der Waals surface area (Å²) >= 11 is 0. The fraction of sp³-hybridized carbons (Fsp3) is 0.370. The van der Waals surface area contributed by atoms with E-state index in [1.165, 1.54) is 42.7 Å². The summed E-state index contributed by atoms with van der Waals surface area (Å²) in [6.45, 7) is 0.232. The van der Waals surface area contributed by atoms with E-state index in [1.54, 1.807) is 31.2 Å². The molecule has 0 spiro atoms.